The summed E-state index contributed by atoms with van der Waals surface area (Å²) in [5.74, 6) is -0.199. The number of alkyl halides is 3. The van der Waals surface area contributed by atoms with Crippen molar-refractivity contribution in [1.82, 2.24) is 9.97 Å². The zero-order chi connectivity index (χ0) is 14.3. The standard InChI is InChI=1S/C7H4F3N3.C5H5N/c8-7(9,10)5-1-4(2-11)6(12)13-3-5;1-2-4-6-5-3-1/h1,3H,(H2,12,13);1-5H. The number of rotatable bonds is 0. The number of halogens is 3. The summed E-state index contributed by atoms with van der Waals surface area (Å²) in [6.45, 7) is 0. The number of hydrogen-bond donors (Lipinski definition) is 1. The number of hydrogen-bond acceptors (Lipinski definition) is 4. The van der Waals surface area contributed by atoms with E-state index in [9.17, 15) is 13.2 Å². The molecule has 2 rings (SSSR count). The van der Waals surface area contributed by atoms with E-state index in [0.29, 0.717) is 12.3 Å². The van der Waals surface area contributed by atoms with Gasteiger partial charge in [-0.1, -0.05) is 6.07 Å². The summed E-state index contributed by atoms with van der Waals surface area (Å²) in [6, 6.07) is 7.90. The van der Waals surface area contributed by atoms with E-state index in [-0.39, 0.29) is 11.4 Å². The van der Waals surface area contributed by atoms with Crippen LogP contribution in [0.4, 0.5) is 19.0 Å². The van der Waals surface area contributed by atoms with Crippen LogP contribution in [0.3, 0.4) is 0 Å². The maximum absolute atomic E-state index is 12.0. The number of pyridine rings is 2. The van der Waals surface area contributed by atoms with E-state index in [1.165, 1.54) is 6.07 Å². The molecular weight excluding hydrogens is 257 g/mol. The molecular formula is C12H9F3N4. The zero-order valence-corrected chi connectivity index (χ0v) is 9.59. The van der Waals surface area contributed by atoms with Gasteiger partial charge in [-0.15, -0.1) is 0 Å². The van der Waals surface area contributed by atoms with Gasteiger partial charge in [0.15, 0.2) is 0 Å². The van der Waals surface area contributed by atoms with Gasteiger partial charge in [0.2, 0.25) is 0 Å². The molecule has 0 saturated heterocycles. The van der Waals surface area contributed by atoms with Gasteiger partial charge < -0.3 is 5.73 Å². The van der Waals surface area contributed by atoms with Crippen LogP contribution in [-0.2, 0) is 6.18 Å². The van der Waals surface area contributed by atoms with Crippen LogP contribution in [0, 0.1) is 11.3 Å². The van der Waals surface area contributed by atoms with Crippen LogP contribution in [0.1, 0.15) is 11.1 Å². The van der Waals surface area contributed by atoms with Gasteiger partial charge in [-0.2, -0.15) is 18.4 Å². The molecule has 0 saturated carbocycles. The Kier molecular flexibility index (Phi) is 4.83. The van der Waals surface area contributed by atoms with Crippen molar-refractivity contribution in [2.75, 3.05) is 5.73 Å². The second-order valence-corrected chi connectivity index (χ2v) is 3.29. The van der Waals surface area contributed by atoms with E-state index < -0.39 is 11.7 Å². The normalized spacial score (nSPS) is 10.0. The summed E-state index contributed by atoms with van der Waals surface area (Å²) in [7, 11) is 0. The summed E-state index contributed by atoms with van der Waals surface area (Å²) >= 11 is 0. The molecule has 0 amide bonds. The van der Waals surface area contributed by atoms with Crippen molar-refractivity contribution in [2.24, 2.45) is 0 Å². The van der Waals surface area contributed by atoms with Crippen LogP contribution in [-0.4, -0.2) is 9.97 Å². The summed E-state index contributed by atoms with van der Waals surface area (Å²) in [5, 5.41) is 8.37. The number of nitriles is 1. The van der Waals surface area contributed by atoms with Crippen LogP contribution in [0.5, 0.6) is 0 Å². The van der Waals surface area contributed by atoms with E-state index in [0.717, 1.165) is 0 Å². The molecule has 0 aliphatic heterocycles. The fourth-order valence-electron chi connectivity index (χ4n) is 1.03. The molecule has 2 aromatic heterocycles. The van der Waals surface area contributed by atoms with Crippen molar-refractivity contribution in [3.63, 3.8) is 0 Å². The van der Waals surface area contributed by atoms with Gasteiger partial charge in [0.05, 0.1) is 11.1 Å². The molecule has 0 radical (unpaired) electrons. The number of nitrogens with two attached hydrogens (primary N) is 1. The van der Waals surface area contributed by atoms with E-state index >= 15 is 0 Å². The Hall–Kier alpha value is -2.62. The number of nitrogen functional groups attached to an aromatic ring is 1. The first-order chi connectivity index (χ1) is 8.95. The average Bonchev–Trinajstić information content (AvgIpc) is 2.40. The molecule has 0 spiro atoms. The zero-order valence-electron chi connectivity index (χ0n) is 9.59. The van der Waals surface area contributed by atoms with Gasteiger partial charge in [-0.25, -0.2) is 4.98 Å². The predicted molar refractivity (Wildman–Crippen MR) is 62.6 cm³/mol. The van der Waals surface area contributed by atoms with Crippen LogP contribution in [0.2, 0.25) is 0 Å². The maximum Gasteiger partial charge on any atom is 0.417 e. The lowest BCUT2D eigenvalue weighted by atomic mass is 10.2. The van der Waals surface area contributed by atoms with E-state index in [2.05, 4.69) is 9.97 Å². The Bertz CT molecular complexity index is 535. The molecule has 0 aliphatic rings. The lowest BCUT2D eigenvalue weighted by Crippen LogP contribution is -2.07. The first kappa shape index (κ1) is 14.4. The first-order valence-corrected chi connectivity index (χ1v) is 5.03. The minimum Gasteiger partial charge on any atom is -0.383 e. The molecule has 4 nitrogen and oxygen atoms in total. The molecule has 2 aromatic rings. The molecule has 0 unspecified atom stereocenters. The summed E-state index contributed by atoms with van der Waals surface area (Å²) in [4.78, 5) is 7.04. The third kappa shape index (κ3) is 4.63. The van der Waals surface area contributed by atoms with Gasteiger partial charge in [0, 0.05) is 18.6 Å². The Morgan fingerprint density at radius 2 is 1.79 bits per heavy atom. The van der Waals surface area contributed by atoms with E-state index in [1.54, 1.807) is 12.4 Å². The lowest BCUT2D eigenvalue weighted by molar-refractivity contribution is -0.137. The van der Waals surface area contributed by atoms with Crippen molar-refractivity contribution >= 4 is 5.82 Å². The van der Waals surface area contributed by atoms with Crippen molar-refractivity contribution < 1.29 is 13.2 Å². The smallest absolute Gasteiger partial charge is 0.383 e. The molecule has 7 heteroatoms. The molecule has 2 N–H and O–H groups in total. The van der Waals surface area contributed by atoms with E-state index in [4.69, 9.17) is 11.0 Å². The molecule has 2 heterocycles. The topological polar surface area (TPSA) is 75.6 Å². The Morgan fingerprint density at radius 1 is 1.16 bits per heavy atom. The minimum absolute atomic E-state index is 0.199. The second-order valence-electron chi connectivity index (χ2n) is 3.29. The predicted octanol–water partition coefficient (Wildman–Crippen LogP) is 2.64. The van der Waals surface area contributed by atoms with Crippen molar-refractivity contribution in [2.45, 2.75) is 6.18 Å². The SMILES string of the molecule is N#Cc1cc(C(F)(F)F)cnc1N.c1ccncc1. The van der Waals surface area contributed by atoms with Crippen molar-refractivity contribution in [3.8, 4) is 6.07 Å². The van der Waals surface area contributed by atoms with Crippen molar-refractivity contribution in [1.29, 1.82) is 5.26 Å². The highest BCUT2D eigenvalue weighted by atomic mass is 19.4. The highest BCUT2D eigenvalue weighted by Crippen LogP contribution is 2.29. The summed E-state index contributed by atoms with van der Waals surface area (Å²) < 4.78 is 36.1. The van der Waals surface area contributed by atoms with Gasteiger partial charge in [-0.3, -0.25) is 4.98 Å². The van der Waals surface area contributed by atoms with Crippen LogP contribution in [0.15, 0.2) is 42.9 Å². The Morgan fingerprint density at radius 3 is 2.16 bits per heavy atom. The second kappa shape index (κ2) is 6.35. The largest absolute Gasteiger partial charge is 0.417 e. The van der Waals surface area contributed by atoms with Crippen molar-refractivity contribution in [3.05, 3.63) is 54.0 Å². The highest BCUT2D eigenvalue weighted by molar-refractivity contribution is 5.49. The van der Waals surface area contributed by atoms with Gasteiger partial charge >= 0.3 is 6.18 Å². The Balaban J connectivity index is 0.000000250. The summed E-state index contributed by atoms with van der Waals surface area (Å²) in [5.41, 5.74) is 3.90. The van der Waals surface area contributed by atoms with Crippen LogP contribution < -0.4 is 5.73 Å². The molecule has 0 aliphatic carbocycles. The Labute approximate surface area is 107 Å². The molecule has 0 fully saturated rings. The molecule has 0 aromatic carbocycles. The van der Waals surface area contributed by atoms with Crippen LogP contribution >= 0.6 is 0 Å². The molecule has 98 valence electrons. The fraction of sp³-hybridized carbons (Fsp3) is 0.0833. The quantitative estimate of drug-likeness (QED) is 0.795. The molecule has 0 bridgehead atoms. The first-order valence-electron chi connectivity index (χ1n) is 5.03. The third-order valence-corrected chi connectivity index (χ3v) is 1.93. The number of anilines is 1. The van der Waals surface area contributed by atoms with Crippen LogP contribution in [0.25, 0.3) is 0 Å². The monoisotopic (exact) mass is 266 g/mol. The lowest BCUT2D eigenvalue weighted by Gasteiger charge is -2.06. The molecule has 19 heavy (non-hydrogen) atoms. The fourth-order valence-corrected chi connectivity index (χ4v) is 1.03. The van der Waals surface area contributed by atoms with Gasteiger partial charge in [0.25, 0.3) is 0 Å². The van der Waals surface area contributed by atoms with Gasteiger partial charge in [-0.05, 0) is 18.2 Å². The number of nitrogens with zero attached hydrogens (tertiary/aromatic N) is 3. The summed E-state index contributed by atoms with van der Waals surface area (Å²) in [6.07, 6.45) is -0.400. The van der Waals surface area contributed by atoms with E-state index in [1.807, 2.05) is 18.2 Å². The number of aromatic nitrogens is 2. The highest BCUT2D eigenvalue weighted by Gasteiger charge is 2.31. The van der Waals surface area contributed by atoms with Gasteiger partial charge in [0.1, 0.15) is 11.9 Å². The minimum atomic E-state index is -4.49. The third-order valence-electron chi connectivity index (χ3n) is 1.93. The average molecular weight is 266 g/mol. The molecule has 0 atom stereocenters. The maximum atomic E-state index is 12.0.